The summed E-state index contributed by atoms with van der Waals surface area (Å²) in [4.78, 5) is 12.3. The zero-order chi connectivity index (χ0) is 16.4. The van der Waals surface area contributed by atoms with Crippen molar-refractivity contribution in [2.24, 2.45) is 5.73 Å². The molecule has 1 heterocycles. The van der Waals surface area contributed by atoms with E-state index in [1.165, 1.54) is 0 Å². The molecule has 5 nitrogen and oxygen atoms in total. The number of nitrogens with two attached hydrogens (primary N) is 1. The van der Waals surface area contributed by atoms with Crippen molar-refractivity contribution in [3.8, 4) is 0 Å². The van der Waals surface area contributed by atoms with E-state index in [9.17, 15) is 4.79 Å². The van der Waals surface area contributed by atoms with Gasteiger partial charge in [-0.3, -0.25) is 4.79 Å². The molecule has 2 aromatic carbocycles. The lowest BCUT2D eigenvalue weighted by Crippen LogP contribution is -2.19. The van der Waals surface area contributed by atoms with Gasteiger partial charge in [-0.15, -0.1) is 0 Å². The lowest BCUT2D eigenvalue weighted by Gasteiger charge is -2.10. The van der Waals surface area contributed by atoms with Crippen LogP contribution in [0.15, 0.2) is 52.9 Å². The molecule has 116 valence electrons. The fourth-order valence-electron chi connectivity index (χ4n) is 2.30. The highest BCUT2D eigenvalue weighted by Crippen LogP contribution is 2.23. The summed E-state index contributed by atoms with van der Waals surface area (Å²) in [6.45, 7) is 1.89. The van der Waals surface area contributed by atoms with E-state index < -0.39 is 0 Å². The predicted molar refractivity (Wildman–Crippen MR) is 95.8 cm³/mol. The average Bonchev–Trinajstić information content (AvgIpc) is 2.93. The van der Waals surface area contributed by atoms with Crippen LogP contribution in [0, 0.1) is 6.92 Å². The smallest absolute Gasteiger partial charge is 0.291 e. The van der Waals surface area contributed by atoms with E-state index in [0.29, 0.717) is 11.3 Å². The third-order valence-corrected chi connectivity index (χ3v) is 3.49. The Labute approximate surface area is 138 Å². The number of benzene rings is 2. The highest BCUT2D eigenvalue weighted by molar-refractivity contribution is 7.80. The van der Waals surface area contributed by atoms with Crippen molar-refractivity contribution in [3.05, 3.63) is 59.9 Å². The third-order valence-electron chi connectivity index (χ3n) is 3.39. The Morgan fingerprint density at radius 2 is 1.91 bits per heavy atom. The Kier molecular flexibility index (Phi) is 3.99. The number of carbonyl (C=O) groups excluding carboxylic acids is 1. The van der Waals surface area contributed by atoms with E-state index in [-0.39, 0.29) is 16.8 Å². The van der Waals surface area contributed by atoms with Gasteiger partial charge in [-0.25, -0.2) is 0 Å². The molecule has 0 fully saturated rings. The molecule has 1 amide bonds. The van der Waals surface area contributed by atoms with Crippen LogP contribution in [0.25, 0.3) is 11.0 Å². The molecule has 0 saturated carbocycles. The summed E-state index contributed by atoms with van der Waals surface area (Å²) in [5.41, 5.74) is 8.49. The van der Waals surface area contributed by atoms with Crippen molar-refractivity contribution in [1.82, 2.24) is 0 Å². The zero-order valence-electron chi connectivity index (χ0n) is 12.4. The van der Waals surface area contributed by atoms with E-state index >= 15 is 0 Å². The normalized spacial score (nSPS) is 10.5. The van der Waals surface area contributed by atoms with Crippen LogP contribution < -0.4 is 16.4 Å². The number of rotatable bonds is 3. The fourth-order valence-corrected chi connectivity index (χ4v) is 2.42. The molecule has 23 heavy (non-hydrogen) atoms. The molecule has 0 saturated heterocycles. The second-order valence-corrected chi connectivity index (χ2v) is 5.56. The van der Waals surface area contributed by atoms with Gasteiger partial charge in [-0.05, 0) is 55.0 Å². The van der Waals surface area contributed by atoms with Gasteiger partial charge in [0.1, 0.15) is 5.58 Å². The van der Waals surface area contributed by atoms with Crippen LogP contribution in [0.2, 0.25) is 0 Å². The molecule has 0 aliphatic heterocycles. The van der Waals surface area contributed by atoms with Gasteiger partial charge < -0.3 is 20.8 Å². The van der Waals surface area contributed by atoms with Gasteiger partial charge in [0.15, 0.2) is 10.9 Å². The SMILES string of the molecule is Cc1cc(NC(N)=S)ccc1NC(=O)c1cc2ccccc2o1. The minimum atomic E-state index is -0.292. The Bertz CT molecular complexity index is 869. The molecule has 4 N–H and O–H groups in total. The molecule has 0 unspecified atom stereocenters. The number of aryl methyl sites for hydroxylation is 1. The zero-order valence-corrected chi connectivity index (χ0v) is 13.2. The highest BCUT2D eigenvalue weighted by atomic mass is 32.1. The molecule has 0 spiro atoms. The van der Waals surface area contributed by atoms with Crippen LogP contribution in [0.1, 0.15) is 16.1 Å². The number of hydrogen-bond acceptors (Lipinski definition) is 3. The highest BCUT2D eigenvalue weighted by Gasteiger charge is 2.13. The number of fused-ring (bicyclic) bond motifs is 1. The van der Waals surface area contributed by atoms with Crippen LogP contribution >= 0.6 is 12.2 Å². The van der Waals surface area contributed by atoms with Crippen molar-refractivity contribution in [2.75, 3.05) is 10.6 Å². The predicted octanol–water partition coefficient (Wildman–Crippen LogP) is 3.65. The number of furan rings is 1. The summed E-state index contributed by atoms with van der Waals surface area (Å²) >= 11 is 4.80. The van der Waals surface area contributed by atoms with Crippen LogP contribution in [0.4, 0.5) is 11.4 Å². The van der Waals surface area contributed by atoms with Crippen LogP contribution in [-0.4, -0.2) is 11.0 Å². The number of anilines is 2. The average molecular weight is 325 g/mol. The van der Waals surface area contributed by atoms with Crippen molar-refractivity contribution in [1.29, 1.82) is 0 Å². The quantitative estimate of drug-likeness (QED) is 0.641. The number of amides is 1. The van der Waals surface area contributed by atoms with Gasteiger partial charge in [0.2, 0.25) is 0 Å². The Morgan fingerprint density at radius 3 is 2.61 bits per heavy atom. The molecule has 6 heteroatoms. The monoisotopic (exact) mass is 325 g/mol. The first-order valence-corrected chi connectivity index (χ1v) is 7.41. The van der Waals surface area contributed by atoms with Crippen LogP contribution in [0.5, 0.6) is 0 Å². The second kappa shape index (κ2) is 6.10. The number of para-hydroxylation sites is 1. The topological polar surface area (TPSA) is 80.3 Å². The maximum absolute atomic E-state index is 12.3. The first-order valence-electron chi connectivity index (χ1n) is 7.00. The van der Waals surface area contributed by atoms with E-state index in [0.717, 1.165) is 16.6 Å². The molecule has 1 aromatic heterocycles. The molecular formula is C17H15N3O2S. The molecule has 0 aliphatic rings. The van der Waals surface area contributed by atoms with E-state index in [4.69, 9.17) is 22.4 Å². The summed E-state index contributed by atoms with van der Waals surface area (Å²) in [6, 6.07) is 14.7. The maximum atomic E-state index is 12.3. The van der Waals surface area contributed by atoms with Crippen molar-refractivity contribution >= 4 is 45.6 Å². The molecule has 0 radical (unpaired) electrons. The van der Waals surface area contributed by atoms with E-state index in [1.54, 1.807) is 18.2 Å². The number of nitrogens with one attached hydrogen (secondary N) is 2. The summed E-state index contributed by atoms with van der Waals surface area (Å²) in [7, 11) is 0. The Morgan fingerprint density at radius 1 is 1.13 bits per heavy atom. The third kappa shape index (κ3) is 3.32. The fraction of sp³-hybridized carbons (Fsp3) is 0.0588. The van der Waals surface area contributed by atoms with Gasteiger partial charge in [-0.1, -0.05) is 18.2 Å². The van der Waals surface area contributed by atoms with Crippen molar-refractivity contribution < 1.29 is 9.21 Å². The number of hydrogen-bond donors (Lipinski definition) is 3. The van der Waals surface area contributed by atoms with Gasteiger partial charge in [0.05, 0.1) is 0 Å². The minimum absolute atomic E-state index is 0.198. The number of carbonyl (C=O) groups is 1. The van der Waals surface area contributed by atoms with Gasteiger partial charge in [0, 0.05) is 16.8 Å². The lowest BCUT2D eigenvalue weighted by atomic mass is 10.1. The lowest BCUT2D eigenvalue weighted by molar-refractivity contribution is 0.0998. The summed E-state index contributed by atoms with van der Waals surface area (Å²) in [6.07, 6.45) is 0. The molecule has 0 aliphatic carbocycles. The molecule has 3 rings (SSSR count). The summed E-state index contributed by atoms with van der Waals surface area (Å²) in [5, 5.41) is 6.79. The molecular weight excluding hydrogens is 310 g/mol. The van der Waals surface area contributed by atoms with Crippen molar-refractivity contribution in [2.45, 2.75) is 6.92 Å². The first-order chi connectivity index (χ1) is 11.0. The minimum Gasteiger partial charge on any atom is -0.451 e. The summed E-state index contributed by atoms with van der Waals surface area (Å²) < 4.78 is 5.56. The van der Waals surface area contributed by atoms with Gasteiger partial charge in [0.25, 0.3) is 5.91 Å². The molecule has 0 atom stereocenters. The molecule has 0 bridgehead atoms. The molecule has 3 aromatic rings. The Hall–Kier alpha value is -2.86. The standard InChI is InChI=1S/C17H15N3O2S/c1-10-8-12(19-17(18)23)6-7-13(10)20-16(21)15-9-11-4-2-3-5-14(11)22-15/h2-9H,1H3,(H,20,21)(H3,18,19,23). The first kappa shape index (κ1) is 15.1. The second-order valence-electron chi connectivity index (χ2n) is 5.12. The van der Waals surface area contributed by atoms with Gasteiger partial charge >= 0.3 is 0 Å². The largest absolute Gasteiger partial charge is 0.451 e. The Balaban J connectivity index is 1.80. The van der Waals surface area contributed by atoms with Crippen LogP contribution in [-0.2, 0) is 0 Å². The maximum Gasteiger partial charge on any atom is 0.291 e. The summed E-state index contributed by atoms with van der Waals surface area (Å²) in [5.74, 6) is -0.0182. The number of thiocarbonyl (C=S) groups is 1. The van der Waals surface area contributed by atoms with Crippen molar-refractivity contribution in [3.63, 3.8) is 0 Å². The van der Waals surface area contributed by atoms with Crippen LogP contribution in [0.3, 0.4) is 0 Å². The van der Waals surface area contributed by atoms with E-state index in [1.807, 2.05) is 37.3 Å². The van der Waals surface area contributed by atoms with Gasteiger partial charge in [-0.2, -0.15) is 0 Å². The van der Waals surface area contributed by atoms with E-state index in [2.05, 4.69) is 10.6 Å².